The van der Waals surface area contributed by atoms with E-state index < -0.39 is 5.41 Å². The first kappa shape index (κ1) is 38.7. The first-order chi connectivity index (χ1) is 33.7. The van der Waals surface area contributed by atoms with E-state index in [0.29, 0.717) is 0 Å². The van der Waals surface area contributed by atoms with Gasteiger partial charge in [-0.3, -0.25) is 0 Å². The number of fused-ring (bicyclic) bond motifs is 16. The fraction of sp³-hybridized carbons (Fsp3) is 0.0154. The molecular formula is C65H41NOS. The summed E-state index contributed by atoms with van der Waals surface area (Å²) in [5, 5.41) is 2.67. The lowest BCUT2D eigenvalue weighted by Gasteiger charge is -2.36. The van der Waals surface area contributed by atoms with Crippen molar-refractivity contribution in [3.8, 4) is 67.0 Å². The van der Waals surface area contributed by atoms with Crippen LogP contribution < -0.4 is 4.90 Å². The second kappa shape index (κ2) is 15.3. The van der Waals surface area contributed by atoms with Crippen LogP contribution in [0.15, 0.2) is 253 Å². The Balaban J connectivity index is 1.01. The number of hydrogen-bond donors (Lipinski definition) is 0. The average Bonchev–Trinajstić information content (AvgIpc) is 4.15. The van der Waals surface area contributed by atoms with Crippen molar-refractivity contribution in [1.29, 1.82) is 0 Å². The molecule has 68 heavy (non-hydrogen) atoms. The highest BCUT2D eigenvalue weighted by Crippen LogP contribution is 2.63. The van der Waals surface area contributed by atoms with Gasteiger partial charge in [0.1, 0.15) is 5.76 Å². The third-order valence-corrected chi connectivity index (χ3v) is 15.5. The summed E-state index contributed by atoms with van der Waals surface area (Å²) in [6.45, 7) is 0. The third-order valence-electron chi connectivity index (χ3n) is 14.4. The highest BCUT2D eigenvalue weighted by atomic mass is 32.1. The Labute approximate surface area is 399 Å². The molecule has 0 saturated carbocycles. The summed E-state index contributed by atoms with van der Waals surface area (Å²) < 4.78 is 8.41. The van der Waals surface area contributed by atoms with Crippen LogP contribution in [0.3, 0.4) is 0 Å². The summed E-state index contributed by atoms with van der Waals surface area (Å²) in [6.07, 6.45) is 1.73. The van der Waals surface area contributed by atoms with Crippen molar-refractivity contribution in [2.24, 2.45) is 0 Å². The molecule has 1 unspecified atom stereocenters. The molecule has 0 N–H and O–H groups in total. The number of hydrogen-bond acceptors (Lipinski definition) is 3. The number of furan rings is 1. The van der Waals surface area contributed by atoms with E-state index in [1.54, 1.807) is 6.26 Å². The maximum absolute atomic E-state index is 5.77. The molecule has 318 valence electrons. The van der Waals surface area contributed by atoms with Crippen LogP contribution in [-0.2, 0) is 5.41 Å². The van der Waals surface area contributed by atoms with Crippen LogP contribution in [0, 0.1) is 0 Å². The molecule has 0 aliphatic heterocycles. The maximum Gasteiger partial charge on any atom is 0.133 e. The summed E-state index contributed by atoms with van der Waals surface area (Å²) in [6, 6.07) is 89.7. The predicted molar refractivity (Wildman–Crippen MR) is 284 cm³/mol. The van der Waals surface area contributed by atoms with E-state index in [-0.39, 0.29) is 0 Å². The molecule has 2 heterocycles. The predicted octanol–water partition coefficient (Wildman–Crippen LogP) is 18.1. The van der Waals surface area contributed by atoms with E-state index in [1.807, 2.05) is 23.5 Å². The minimum atomic E-state index is -0.597. The van der Waals surface area contributed by atoms with E-state index in [0.717, 1.165) is 39.5 Å². The van der Waals surface area contributed by atoms with Crippen LogP contribution in [-0.4, -0.2) is 0 Å². The van der Waals surface area contributed by atoms with Crippen LogP contribution in [0.5, 0.6) is 0 Å². The molecule has 12 aromatic rings. The minimum absolute atomic E-state index is 0.597. The number of rotatable bonds is 6. The van der Waals surface area contributed by atoms with Gasteiger partial charge in [-0.15, -0.1) is 11.3 Å². The molecule has 0 bridgehead atoms. The lowest BCUT2D eigenvalue weighted by molar-refractivity contribution is 0.582. The Morgan fingerprint density at radius 1 is 0.338 bits per heavy atom. The Hall–Kier alpha value is -8.50. The zero-order valence-electron chi connectivity index (χ0n) is 36.9. The SMILES string of the molecule is c1ccc(-c2ccc(N(c3ccc(-c4cccc(-c5ccco5)c4)cc3)c3ccc4c(c3)-c3ccccc3-c3ccccc3C43c4ccccc4-c4c3ccc3sc5ccccc5c43)cc2)cc1. The zero-order valence-corrected chi connectivity index (χ0v) is 37.8. The normalized spacial score (nSPS) is 14.2. The summed E-state index contributed by atoms with van der Waals surface area (Å²) >= 11 is 1.89. The van der Waals surface area contributed by atoms with Gasteiger partial charge < -0.3 is 9.32 Å². The lowest BCUT2D eigenvalue weighted by atomic mass is 9.66. The Kier molecular flexibility index (Phi) is 8.71. The molecule has 1 spiro atoms. The lowest BCUT2D eigenvalue weighted by Crippen LogP contribution is -2.29. The van der Waals surface area contributed by atoms with Crippen LogP contribution in [0.2, 0.25) is 0 Å². The quantitative estimate of drug-likeness (QED) is 0.165. The molecule has 0 fully saturated rings. The largest absolute Gasteiger partial charge is 0.464 e. The third kappa shape index (κ3) is 5.76. The van der Waals surface area contributed by atoms with Crippen molar-refractivity contribution in [2.45, 2.75) is 5.41 Å². The van der Waals surface area contributed by atoms with E-state index in [1.165, 1.54) is 86.9 Å². The number of nitrogens with zero attached hydrogens (tertiary/aromatic N) is 1. The number of thiophene rings is 1. The van der Waals surface area contributed by atoms with Gasteiger partial charge in [0.05, 0.1) is 11.7 Å². The van der Waals surface area contributed by atoms with Gasteiger partial charge in [0.15, 0.2) is 0 Å². The van der Waals surface area contributed by atoms with Crippen molar-refractivity contribution in [1.82, 2.24) is 0 Å². The first-order valence-corrected chi connectivity index (χ1v) is 24.1. The van der Waals surface area contributed by atoms with Crippen molar-refractivity contribution < 1.29 is 4.42 Å². The van der Waals surface area contributed by atoms with Crippen LogP contribution in [0.25, 0.3) is 87.1 Å². The van der Waals surface area contributed by atoms with E-state index in [9.17, 15) is 0 Å². The van der Waals surface area contributed by atoms with Gasteiger partial charge in [-0.1, -0.05) is 176 Å². The molecule has 14 rings (SSSR count). The maximum atomic E-state index is 5.77. The summed E-state index contributed by atoms with van der Waals surface area (Å²) in [5.41, 5.74) is 21.2. The number of anilines is 3. The summed E-state index contributed by atoms with van der Waals surface area (Å²) in [5.74, 6) is 0.862. The first-order valence-electron chi connectivity index (χ1n) is 23.3. The molecular weight excluding hydrogens is 843 g/mol. The van der Waals surface area contributed by atoms with Crippen LogP contribution in [0.1, 0.15) is 22.3 Å². The molecule has 0 saturated heterocycles. The van der Waals surface area contributed by atoms with Gasteiger partial charge in [0.2, 0.25) is 0 Å². The molecule has 3 heteroatoms. The van der Waals surface area contributed by atoms with Crippen LogP contribution >= 0.6 is 11.3 Å². The highest BCUT2D eigenvalue weighted by Gasteiger charge is 2.50. The Morgan fingerprint density at radius 2 is 0.897 bits per heavy atom. The van der Waals surface area contributed by atoms with Crippen molar-refractivity contribution in [3.63, 3.8) is 0 Å². The van der Waals surface area contributed by atoms with E-state index in [4.69, 9.17) is 4.42 Å². The Morgan fingerprint density at radius 3 is 1.65 bits per heavy atom. The van der Waals surface area contributed by atoms with Crippen molar-refractivity contribution in [2.75, 3.05) is 4.90 Å². The fourth-order valence-electron chi connectivity index (χ4n) is 11.5. The molecule has 2 aliphatic rings. The van der Waals surface area contributed by atoms with Gasteiger partial charge in [-0.25, -0.2) is 0 Å². The van der Waals surface area contributed by atoms with Crippen LogP contribution in [0.4, 0.5) is 17.1 Å². The zero-order chi connectivity index (χ0) is 44.8. The van der Waals surface area contributed by atoms with Crippen molar-refractivity contribution in [3.05, 3.63) is 271 Å². The van der Waals surface area contributed by atoms with Gasteiger partial charge in [0.25, 0.3) is 0 Å². The molecule has 2 aliphatic carbocycles. The van der Waals surface area contributed by atoms with Gasteiger partial charge >= 0.3 is 0 Å². The molecule has 0 amide bonds. The highest BCUT2D eigenvalue weighted by molar-refractivity contribution is 7.26. The second-order valence-corrected chi connectivity index (χ2v) is 19.0. The van der Waals surface area contributed by atoms with Gasteiger partial charge in [0, 0.05) is 42.8 Å². The number of benzene rings is 10. The van der Waals surface area contributed by atoms with Gasteiger partial charge in [-0.2, -0.15) is 0 Å². The second-order valence-electron chi connectivity index (χ2n) is 17.9. The van der Waals surface area contributed by atoms with E-state index >= 15 is 0 Å². The van der Waals surface area contributed by atoms with Crippen molar-refractivity contribution >= 4 is 48.6 Å². The average molecular weight is 884 g/mol. The van der Waals surface area contributed by atoms with E-state index in [2.05, 4.69) is 235 Å². The smallest absolute Gasteiger partial charge is 0.133 e. The Bertz CT molecular complexity index is 3900. The molecule has 10 aromatic carbocycles. The topological polar surface area (TPSA) is 16.4 Å². The summed E-state index contributed by atoms with van der Waals surface area (Å²) in [7, 11) is 0. The summed E-state index contributed by atoms with van der Waals surface area (Å²) in [4.78, 5) is 2.42. The molecule has 2 nitrogen and oxygen atoms in total. The molecule has 0 radical (unpaired) electrons. The minimum Gasteiger partial charge on any atom is -0.464 e. The molecule has 1 atom stereocenters. The monoisotopic (exact) mass is 883 g/mol. The van der Waals surface area contributed by atoms with Gasteiger partial charge in [-0.05, 0) is 145 Å². The molecule has 2 aromatic heterocycles. The fourth-order valence-corrected chi connectivity index (χ4v) is 12.6. The standard InChI is InChI=1S/C65H41NOS/c1-2-14-42(15-3-1)43-27-31-47(32-28-43)66(48-33-29-44(30-34-48)45-16-12-17-46(40-45)60-25-13-39-67-60)49-35-36-58-55(41-49)51-19-5-4-18-50(51)52-20-6-9-23-56(52)65(58)57-24-10-7-21-53(57)63-59(65)37-38-62-64(63)54-22-8-11-26-61(54)68-62/h1-41H.